The normalized spacial score (nSPS) is 14.3. The lowest BCUT2D eigenvalue weighted by Crippen LogP contribution is -2.37. The summed E-state index contributed by atoms with van der Waals surface area (Å²) in [7, 11) is 0. The summed E-state index contributed by atoms with van der Waals surface area (Å²) in [6, 6.07) is 19.4. The molecule has 1 saturated heterocycles. The summed E-state index contributed by atoms with van der Waals surface area (Å²) in [5.41, 5.74) is 3.81. The molecule has 0 saturated carbocycles. The van der Waals surface area contributed by atoms with Gasteiger partial charge < -0.3 is 13.6 Å². The molecule has 0 aliphatic carbocycles. The quantitative estimate of drug-likeness (QED) is 0.458. The van der Waals surface area contributed by atoms with Crippen LogP contribution in [0, 0.1) is 0 Å². The number of nitrogens with one attached hydrogen (secondary N) is 1. The summed E-state index contributed by atoms with van der Waals surface area (Å²) in [4.78, 5) is 15.1. The lowest BCUT2D eigenvalue weighted by atomic mass is 10.0. The van der Waals surface area contributed by atoms with Crippen LogP contribution >= 0.6 is 0 Å². The van der Waals surface area contributed by atoms with Gasteiger partial charge in [-0.05, 0) is 47.4 Å². The number of hydrogen-bond donors (Lipinski definition) is 1. The zero-order chi connectivity index (χ0) is 22.5. The average Bonchev–Trinajstić information content (AvgIpc) is 3.56. The second-order valence-corrected chi connectivity index (χ2v) is 7.83. The van der Waals surface area contributed by atoms with E-state index in [0.717, 1.165) is 50.4 Å². The van der Waals surface area contributed by atoms with Crippen molar-refractivity contribution in [2.75, 3.05) is 38.2 Å². The lowest BCUT2D eigenvalue weighted by molar-refractivity contribution is 0.0384. The van der Waals surface area contributed by atoms with Crippen LogP contribution in [0.5, 0.6) is 0 Å². The summed E-state index contributed by atoms with van der Waals surface area (Å²) in [6.45, 7) is 4.68. The molecule has 0 spiro atoms. The van der Waals surface area contributed by atoms with Crippen LogP contribution in [-0.2, 0) is 11.2 Å². The largest absolute Gasteiger partial charge is 0.459 e. The molecule has 1 aliphatic heterocycles. The SMILES string of the molecule is O=C(Nc1nnc(-c2ccco2)o1)c1cccc(-c2ccc(CCN3CCOCC3)cc2)c1. The molecular weight excluding hydrogens is 420 g/mol. The number of anilines is 1. The van der Waals surface area contributed by atoms with Crippen LogP contribution in [-0.4, -0.2) is 53.9 Å². The Labute approximate surface area is 191 Å². The molecule has 1 N–H and O–H groups in total. The van der Waals surface area contributed by atoms with Crippen LogP contribution in [0.3, 0.4) is 0 Å². The Bertz CT molecular complexity index is 1200. The number of carbonyl (C=O) groups is 1. The molecule has 8 nitrogen and oxygen atoms in total. The molecule has 1 aliphatic rings. The van der Waals surface area contributed by atoms with Gasteiger partial charge in [0.1, 0.15) is 0 Å². The molecule has 4 aromatic rings. The van der Waals surface area contributed by atoms with E-state index in [1.54, 1.807) is 18.2 Å². The number of rotatable bonds is 7. The maximum Gasteiger partial charge on any atom is 0.322 e. The van der Waals surface area contributed by atoms with Crippen LogP contribution < -0.4 is 5.32 Å². The maximum atomic E-state index is 12.7. The topological polar surface area (TPSA) is 93.6 Å². The van der Waals surface area contributed by atoms with Crippen LogP contribution in [0.15, 0.2) is 75.8 Å². The highest BCUT2D eigenvalue weighted by molar-refractivity contribution is 6.03. The van der Waals surface area contributed by atoms with Gasteiger partial charge in [-0.2, -0.15) is 0 Å². The molecule has 1 fully saturated rings. The zero-order valence-corrected chi connectivity index (χ0v) is 18.1. The molecule has 1 amide bonds. The lowest BCUT2D eigenvalue weighted by Gasteiger charge is -2.26. The molecule has 33 heavy (non-hydrogen) atoms. The van der Waals surface area contributed by atoms with Gasteiger partial charge in [-0.15, -0.1) is 5.10 Å². The van der Waals surface area contributed by atoms with E-state index in [-0.39, 0.29) is 17.8 Å². The van der Waals surface area contributed by atoms with E-state index in [2.05, 4.69) is 44.7 Å². The molecule has 168 valence electrons. The average molecular weight is 444 g/mol. The number of ether oxygens (including phenoxy) is 1. The van der Waals surface area contributed by atoms with Gasteiger partial charge in [0, 0.05) is 25.2 Å². The summed E-state index contributed by atoms with van der Waals surface area (Å²) in [5, 5.41) is 10.4. The molecule has 0 bridgehead atoms. The van der Waals surface area contributed by atoms with Gasteiger partial charge in [-0.3, -0.25) is 15.0 Å². The molecule has 2 aromatic heterocycles. The summed E-state index contributed by atoms with van der Waals surface area (Å²) in [6.07, 6.45) is 2.52. The molecule has 5 rings (SSSR count). The molecule has 0 atom stereocenters. The minimum absolute atomic E-state index is 0.0152. The molecule has 3 heterocycles. The van der Waals surface area contributed by atoms with E-state index in [9.17, 15) is 4.79 Å². The van der Waals surface area contributed by atoms with Crippen molar-refractivity contribution in [3.05, 3.63) is 78.1 Å². The predicted molar refractivity (Wildman–Crippen MR) is 123 cm³/mol. The fourth-order valence-electron chi connectivity index (χ4n) is 3.76. The van der Waals surface area contributed by atoms with Crippen molar-refractivity contribution in [3.63, 3.8) is 0 Å². The van der Waals surface area contributed by atoms with Gasteiger partial charge >= 0.3 is 6.01 Å². The first kappa shape index (κ1) is 21.1. The van der Waals surface area contributed by atoms with Gasteiger partial charge in [-0.25, -0.2) is 0 Å². The molecule has 2 aromatic carbocycles. The van der Waals surface area contributed by atoms with E-state index < -0.39 is 0 Å². The number of amides is 1. The monoisotopic (exact) mass is 444 g/mol. The number of hydrogen-bond acceptors (Lipinski definition) is 7. The van der Waals surface area contributed by atoms with Crippen molar-refractivity contribution >= 4 is 11.9 Å². The van der Waals surface area contributed by atoms with E-state index in [1.807, 2.05) is 18.2 Å². The Morgan fingerprint density at radius 1 is 0.970 bits per heavy atom. The Kier molecular flexibility index (Phi) is 6.27. The standard InChI is InChI=1S/C25H24N4O4/c30-23(26-25-28-27-24(33-25)22-5-2-14-32-22)21-4-1-3-20(17-21)19-8-6-18(7-9-19)10-11-29-12-15-31-16-13-29/h1-9,14,17H,10-13,15-16H2,(H,26,28,30). The zero-order valence-electron chi connectivity index (χ0n) is 18.1. The van der Waals surface area contributed by atoms with Gasteiger partial charge in [0.25, 0.3) is 11.8 Å². The number of nitrogens with zero attached hydrogens (tertiary/aromatic N) is 3. The van der Waals surface area contributed by atoms with Crippen molar-refractivity contribution < 1.29 is 18.4 Å². The van der Waals surface area contributed by atoms with Crippen molar-refractivity contribution in [1.82, 2.24) is 15.1 Å². The van der Waals surface area contributed by atoms with E-state index in [0.29, 0.717) is 11.3 Å². The smallest absolute Gasteiger partial charge is 0.322 e. The maximum absolute atomic E-state index is 12.7. The highest BCUT2D eigenvalue weighted by Gasteiger charge is 2.15. The third kappa shape index (κ3) is 5.19. The van der Waals surface area contributed by atoms with Crippen molar-refractivity contribution in [1.29, 1.82) is 0 Å². The second kappa shape index (κ2) is 9.81. The first-order chi connectivity index (χ1) is 16.2. The van der Waals surface area contributed by atoms with Crippen LogP contribution in [0.1, 0.15) is 15.9 Å². The van der Waals surface area contributed by atoms with E-state index in [4.69, 9.17) is 13.6 Å². The Morgan fingerprint density at radius 3 is 2.61 bits per heavy atom. The number of morpholine rings is 1. The highest BCUT2D eigenvalue weighted by atomic mass is 16.5. The number of benzene rings is 2. The van der Waals surface area contributed by atoms with Crippen molar-refractivity contribution in [2.24, 2.45) is 0 Å². The fourth-order valence-corrected chi connectivity index (χ4v) is 3.76. The predicted octanol–water partition coefficient (Wildman–Crippen LogP) is 4.12. The molecule has 0 radical (unpaired) electrons. The fraction of sp³-hybridized carbons (Fsp3) is 0.240. The number of carbonyl (C=O) groups excluding carboxylic acids is 1. The van der Waals surface area contributed by atoms with Gasteiger partial charge in [0.15, 0.2) is 5.76 Å². The number of aromatic nitrogens is 2. The van der Waals surface area contributed by atoms with Crippen molar-refractivity contribution in [2.45, 2.75) is 6.42 Å². The third-order valence-corrected chi connectivity index (χ3v) is 5.61. The highest BCUT2D eigenvalue weighted by Crippen LogP contribution is 2.23. The van der Waals surface area contributed by atoms with E-state index >= 15 is 0 Å². The Balaban J connectivity index is 1.22. The Hall–Kier alpha value is -3.75. The summed E-state index contributed by atoms with van der Waals surface area (Å²) in [5.74, 6) is 0.324. The van der Waals surface area contributed by atoms with E-state index in [1.165, 1.54) is 11.8 Å². The van der Waals surface area contributed by atoms with Crippen LogP contribution in [0.4, 0.5) is 6.01 Å². The molecule has 0 unspecified atom stereocenters. The molecular formula is C25H24N4O4. The number of furan rings is 1. The van der Waals surface area contributed by atoms with Gasteiger partial charge in [0.05, 0.1) is 19.5 Å². The van der Waals surface area contributed by atoms with Crippen LogP contribution in [0.25, 0.3) is 22.8 Å². The first-order valence-electron chi connectivity index (χ1n) is 10.9. The summed E-state index contributed by atoms with van der Waals surface area (Å²) >= 11 is 0. The molecule has 8 heteroatoms. The second-order valence-electron chi connectivity index (χ2n) is 7.83. The minimum atomic E-state index is -0.325. The first-order valence-corrected chi connectivity index (χ1v) is 10.9. The minimum Gasteiger partial charge on any atom is -0.459 e. The van der Waals surface area contributed by atoms with Crippen molar-refractivity contribution in [3.8, 4) is 22.8 Å². The van der Waals surface area contributed by atoms with Crippen LogP contribution in [0.2, 0.25) is 0 Å². The van der Waals surface area contributed by atoms with Gasteiger partial charge in [-0.1, -0.05) is 41.5 Å². The van der Waals surface area contributed by atoms with Gasteiger partial charge in [0.2, 0.25) is 0 Å². The summed E-state index contributed by atoms with van der Waals surface area (Å²) < 4.78 is 16.1. The third-order valence-electron chi connectivity index (χ3n) is 5.61. The Morgan fingerprint density at radius 2 is 1.82 bits per heavy atom.